The van der Waals surface area contributed by atoms with Crippen LogP contribution in [0.25, 0.3) is 33.1 Å². The maximum Gasteiger partial charge on any atom is 0.197 e. The van der Waals surface area contributed by atoms with Crippen LogP contribution in [0.5, 0.6) is 5.75 Å². The quantitative estimate of drug-likeness (QED) is 0.522. The molecule has 3 heterocycles. The minimum Gasteiger partial charge on any atom is -0.504 e. The number of fused-ring (bicyclic) bond motifs is 4. The summed E-state index contributed by atoms with van der Waals surface area (Å²) < 4.78 is 18.8. The summed E-state index contributed by atoms with van der Waals surface area (Å²) >= 11 is 0. The standard InChI is InChI=1S/C14H7FN2O2/c15-7-3-4-8-9(6-7)17-12-11-10(2-1-5-16-11)19-14(12)13(8)18/h1-6H,(H,17,18). The van der Waals surface area contributed by atoms with Crippen LogP contribution in [0.3, 0.4) is 0 Å². The van der Waals surface area contributed by atoms with Gasteiger partial charge in [0.15, 0.2) is 16.9 Å². The number of aromatic nitrogens is 2. The number of pyridine rings is 2. The van der Waals surface area contributed by atoms with E-state index in [-0.39, 0.29) is 11.3 Å². The molecule has 92 valence electrons. The largest absolute Gasteiger partial charge is 0.504 e. The van der Waals surface area contributed by atoms with E-state index in [1.807, 2.05) is 0 Å². The van der Waals surface area contributed by atoms with Gasteiger partial charge in [-0.3, -0.25) is 4.98 Å². The van der Waals surface area contributed by atoms with Gasteiger partial charge < -0.3 is 9.52 Å². The highest BCUT2D eigenvalue weighted by Gasteiger charge is 2.16. The number of nitrogens with zero attached hydrogens (tertiary/aromatic N) is 2. The van der Waals surface area contributed by atoms with E-state index in [1.165, 1.54) is 18.2 Å². The lowest BCUT2D eigenvalue weighted by Crippen LogP contribution is -1.84. The Morgan fingerprint density at radius 1 is 1.16 bits per heavy atom. The number of rotatable bonds is 0. The molecule has 0 saturated heterocycles. The number of hydrogen-bond donors (Lipinski definition) is 1. The van der Waals surface area contributed by atoms with E-state index >= 15 is 0 Å². The first-order valence-electron chi connectivity index (χ1n) is 5.69. The van der Waals surface area contributed by atoms with Crippen molar-refractivity contribution >= 4 is 33.1 Å². The van der Waals surface area contributed by atoms with E-state index in [4.69, 9.17) is 4.42 Å². The highest BCUT2D eigenvalue weighted by atomic mass is 19.1. The van der Waals surface area contributed by atoms with Gasteiger partial charge in [-0.15, -0.1) is 0 Å². The van der Waals surface area contributed by atoms with Crippen molar-refractivity contribution in [3.63, 3.8) is 0 Å². The second-order valence-corrected chi connectivity index (χ2v) is 4.25. The van der Waals surface area contributed by atoms with Crippen LogP contribution in [-0.4, -0.2) is 15.1 Å². The van der Waals surface area contributed by atoms with Crippen LogP contribution in [-0.2, 0) is 0 Å². The van der Waals surface area contributed by atoms with E-state index in [0.717, 1.165) is 0 Å². The summed E-state index contributed by atoms with van der Waals surface area (Å²) in [7, 11) is 0. The molecule has 0 bridgehead atoms. The predicted octanol–water partition coefficient (Wildman–Crippen LogP) is 3.37. The van der Waals surface area contributed by atoms with E-state index in [2.05, 4.69) is 9.97 Å². The van der Waals surface area contributed by atoms with Crippen molar-refractivity contribution in [1.82, 2.24) is 9.97 Å². The lowest BCUT2D eigenvalue weighted by molar-refractivity contribution is 0.474. The molecule has 1 N–H and O–H groups in total. The molecule has 4 rings (SSSR count). The number of furan rings is 1. The van der Waals surface area contributed by atoms with Gasteiger partial charge >= 0.3 is 0 Å². The molecule has 19 heavy (non-hydrogen) atoms. The molecule has 3 aromatic heterocycles. The minimum absolute atomic E-state index is 0.0435. The zero-order chi connectivity index (χ0) is 13.0. The first-order valence-corrected chi connectivity index (χ1v) is 5.69. The summed E-state index contributed by atoms with van der Waals surface area (Å²) in [5, 5.41) is 10.7. The summed E-state index contributed by atoms with van der Waals surface area (Å²) in [4.78, 5) is 8.51. The Hall–Kier alpha value is -2.69. The van der Waals surface area contributed by atoms with Gasteiger partial charge in [0.2, 0.25) is 0 Å². The molecule has 0 fully saturated rings. The number of benzene rings is 1. The molecular formula is C14H7FN2O2. The lowest BCUT2D eigenvalue weighted by Gasteiger charge is -2.00. The van der Waals surface area contributed by atoms with Crippen molar-refractivity contribution in [3.05, 3.63) is 42.3 Å². The Bertz CT molecular complexity index is 946. The van der Waals surface area contributed by atoms with Gasteiger partial charge in [0.25, 0.3) is 0 Å². The van der Waals surface area contributed by atoms with Crippen LogP contribution >= 0.6 is 0 Å². The normalized spacial score (nSPS) is 11.6. The SMILES string of the molecule is Oc1c2ccc(F)cc2nc2c1oc1cccnc12. The molecule has 0 saturated carbocycles. The number of aromatic hydroxyl groups is 1. The van der Waals surface area contributed by atoms with Crippen molar-refractivity contribution in [2.24, 2.45) is 0 Å². The van der Waals surface area contributed by atoms with E-state index in [1.54, 1.807) is 18.3 Å². The van der Waals surface area contributed by atoms with E-state index < -0.39 is 5.82 Å². The Kier molecular flexibility index (Phi) is 1.84. The second kappa shape index (κ2) is 3.41. The Balaban J connectivity index is 2.30. The molecular weight excluding hydrogens is 247 g/mol. The average molecular weight is 254 g/mol. The summed E-state index contributed by atoms with van der Waals surface area (Å²) in [5.41, 5.74) is 2.17. The molecule has 0 aliphatic carbocycles. The zero-order valence-electron chi connectivity index (χ0n) is 9.59. The third-order valence-electron chi connectivity index (χ3n) is 3.08. The lowest BCUT2D eigenvalue weighted by atomic mass is 10.2. The fourth-order valence-corrected chi connectivity index (χ4v) is 2.22. The van der Waals surface area contributed by atoms with Crippen molar-refractivity contribution in [2.45, 2.75) is 0 Å². The molecule has 0 atom stereocenters. The third-order valence-corrected chi connectivity index (χ3v) is 3.08. The first-order chi connectivity index (χ1) is 9.24. The van der Waals surface area contributed by atoms with Gasteiger partial charge in [0.05, 0.1) is 5.52 Å². The first kappa shape index (κ1) is 10.3. The molecule has 0 amide bonds. The third kappa shape index (κ3) is 1.32. The monoisotopic (exact) mass is 254 g/mol. The van der Waals surface area contributed by atoms with Crippen LogP contribution < -0.4 is 0 Å². The van der Waals surface area contributed by atoms with Crippen LogP contribution in [0, 0.1) is 5.82 Å². The van der Waals surface area contributed by atoms with Crippen molar-refractivity contribution in [3.8, 4) is 5.75 Å². The van der Waals surface area contributed by atoms with Crippen LogP contribution in [0.15, 0.2) is 40.9 Å². The van der Waals surface area contributed by atoms with Crippen molar-refractivity contribution < 1.29 is 13.9 Å². The molecule has 1 aromatic carbocycles. The van der Waals surface area contributed by atoms with Gasteiger partial charge in [-0.25, -0.2) is 9.37 Å². The van der Waals surface area contributed by atoms with E-state index in [9.17, 15) is 9.50 Å². The molecule has 0 aliphatic heterocycles. The Morgan fingerprint density at radius 2 is 2.05 bits per heavy atom. The minimum atomic E-state index is -0.403. The maximum atomic E-state index is 13.2. The maximum absolute atomic E-state index is 13.2. The summed E-state index contributed by atoms with van der Waals surface area (Å²) in [6.45, 7) is 0. The predicted molar refractivity (Wildman–Crippen MR) is 68.4 cm³/mol. The highest BCUT2D eigenvalue weighted by Crippen LogP contribution is 2.36. The molecule has 5 heteroatoms. The Labute approximate surface area is 106 Å². The van der Waals surface area contributed by atoms with Gasteiger partial charge in [0, 0.05) is 17.6 Å². The molecule has 4 aromatic rings. The topological polar surface area (TPSA) is 59.2 Å². The molecule has 4 nitrogen and oxygen atoms in total. The molecule has 0 spiro atoms. The fourth-order valence-electron chi connectivity index (χ4n) is 2.22. The van der Waals surface area contributed by atoms with Crippen LogP contribution in [0.4, 0.5) is 4.39 Å². The summed E-state index contributed by atoms with van der Waals surface area (Å²) in [6, 6.07) is 7.51. The van der Waals surface area contributed by atoms with Crippen LogP contribution in [0.2, 0.25) is 0 Å². The fraction of sp³-hybridized carbons (Fsp3) is 0. The summed E-state index contributed by atoms with van der Waals surface area (Å²) in [6.07, 6.45) is 1.62. The van der Waals surface area contributed by atoms with Gasteiger partial charge in [0.1, 0.15) is 16.9 Å². The zero-order valence-corrected chi connectivity index (χ0v) is 9.59. The summed E-state index contributed by atoms with van der Waals surface area (Å²) in [5.74, 6) is -0.447. The molecule has 0 unspecified atom stereocenters. The Morgan fingerprint density at radius 3 is 2.95 bits per heavy atom. The van der Waals surface area contributed by atoms with Crippen molar-refractivity contribution in [2.75, 3.05) is 0 Å². The highest BCUT2D eigenvalue weighted by molar-refractivity contribution is 6.08. The number of hydrogen-bond acceptors (Lipinski definition) is 4. The van der Waals surface area contributed by atoms with Gasteiger partial charge in [-0.2, -0.15) is 0 Å². The van der Waals surface area contributed by atoms with Gasteiger partial charge in [-0.05, 0) is 24.3 Å². The van der Waals surface area contributed by atoms with Crippen molar-refractivity contribution in [1.29, 1.82) is 0 Å². The van der Waals surface area contributed by atoms with Crippen LogP contribution in [0.1, 0.15) is 0 Å². The average Bonchev–Trinajstić information content (AvgIpc) is 2.78. The molecule has 0 radical (unpaired) electrons. The van der Waals surface area contributed by atoms with E-state index in [0.29, 0.717) is 27.5 Å². The number of halogens is 1. The molecule has 0 aliphatic rings. The smallest absolute Gasteiger partial charge is 0.197 e. The van der Waals surface area contributed by atoms with Gasteiger partial charge in [-0.1, -0.05) is 0 Å². The second-order valence-electron chi connectivity index (χ2n) is 4.25.